The Balaban J connectivity index is 1.66. The molecule has 0 aliphatic carbocycles. The first-order valence-electron chi connectivity index (χ1n) is 14.2. The predicted octanol–water partition coefficient (Wildman–Crippen LogP) is 6.24. The third kappa shape index (κ3) is 8.51. The number of aromatic nitrogens is 1. The molecule has 1 fully saturated rings. The number of nitrogens with two attached hydrogens (primary N) is 1. The summed E-state index contributed by atoms with van der Waals surface area (Å²) in [5.74, 6) is -0.0234. The summed E-state index contributed by atoms with van der Waals surface area (Å²) in [6.07, 6.45) is 4.44. The molecule has 220 valence electrons. The van der Waals surface area contributed by atoms with E-state index in [4.69, 9.17) is 10.2 Å². The van der Waals surface area contributed by atoms with Crippen molar-refractivity contribution in [2.24, 2.45) is 5.73 Å². The minimum Gasteiger partial charge on any atom is -0.465 e. The van der Waals surface area contributed by atoms with Crippen molar-refractivity contribution in [2.45, 2.75) is 83.0 Å². The summed E-state index contributed by atoms with van der Waals surface area (Å²) in [5, 5.41) is 10.3. The van der Waals surface area contributed by atoms with Crippen molar-refractivity contribution in [3.8, 4) is 0 Å². The summed E-state index contributed by atoms with van der Waals surface area (Å²) in [5.41, 5.74) is 6.69. The first kappa shape index (κ1) is 31.5. The van der Waals surface area contributed by atoms with Gasteiger partial charge in [0.05, 0.1) is 11.6 Å². The number of hydrogen-bond acceptors (Lipinski definition) is 5. The van der Waals surface area contributed by atoms with Gasteiger partial charge in [-0.1, -0.05) is 32.9 Å². The van der Waals surface area contributed by atoms with Crippen LogP contribution < -0.4 is 10.6 Å². The minimum atomic E-state index is -1.85. The highest BCUT2D eigenvalue weighted by atomic mass is 28.4. The van der Waals surface area contributed by atoms with Crippen molar-refractivity contribution in [1.29, 1.82) is 0 Å². The van der Waals surface area contributed by atoms with Crippen LogP contribution >= 0.6 is 0 Å². The quantitative estimate of drug-likeness (QED) is 0.230. The molecule has 0 unspecified atom stereocenters. The van der Waals surface area contributed by atoms with Crippen LogP contribution in [0, 0.1) is 5.82 Å². The molecule has 1 aliphatic rings. The molecule has 0 radical (unpaired) electrons. The second kappa shape index (κ2) is 13.6. The maximum absolute atomic E-state index is 13.7. The number of nitrogens with zero attached hydrogens (tertiary/aromatic N) is 3. The smallest absolute Gasteiger partial charge is 0.407 e. The van der Waals surface area contributed by atoms with Gasteiger partial charge in [-0.3, -0.25) is 4.79 Å². The van der Waals surface area contributed by atoms with Crippen molar-refractivity contribution in [1.82, 2.24) is 9.88 Å². The highest BCUT2D eigenvalue weighted by molar-refractivity contribution is 6.74. The van der Waals surface area contributed by atoms with Crippen LogP contribution in [-0.2, 0) is 4.43 Å². The van der Waals surface area contributed by atoms with Gasteiger partial charge in [0.1, 0.15) is 11.6 Å². The van der Waals surface area contributed by atoms with E-state index in [2.05, 4.69) is 43.7 Å². The van der Waals surface area contributed by atoms with Gasteiger partial charge in [-0.05, 0) is 86.0 Å². The molecule has 8 nitrogen and oxygen atoms in total. The van der Waals surface area contributed by atoms with E-state index in [-0.39, 0.29) is 22.8 Å². The summed E-state index contributed by atoms with van der Waals surface area (Å²) in [6.45, 7) is 13.5. The monoisotopic (exact) mass is 572 g/mol. The van der Waals surface area contributed by atoms with Crippen LogP contribution in [0.4, 0.5) is 15.0 Å². The molecule has 2 amide bonds. The molecule has 0 spiro atoms. The molecular weight excluding hydrogens is 527 g/mol. The van der Waals surface area contributed by atoms with Gasteiger partial charge in [-0.15, -0.1) is 0 Å². The van der Waals surface area contributed by atoms with E-state index >= 15 is 0 Å². The van der Waals surface area contributed by atoms with E-state index in [1.807, 2.05) is 12.1 Å². The van der Waals surface area contributed by atoms with Gasteiger partial charge in [-0.25, -0.2) is 14.2 Å². The zero-order chi connectivity index (χ0) is 29.5. The topological polar surface area (TPSA) is 109 Å². The number of halogens is 1. The van der Waals surface area contributed by atoms with Gasteiger partial charge in [0.15, 0.2) is 8.32 Å². The van der Waals surface area contributed by atoms with Crippen molar-refractivity contribution < 1.29 is 23.5 Å². The summed E-state index contributed by atoms with van der Waals surface area (Å²) in [7, 11) is -1.85. The Morgan fingerprint density at radius 3 is 2.48 bits per heavy atom. The molecule has 1 saturated heterocycles. The van der Waals surface area contributed by atoms with E-state index in [9.17, 15) is 19.1 Å². The number of primary amides is 1. The second-order valence-electron chi connectivity index (χ2n) is 12.3. The maximum atomic E-state index is 13.7. The lowest BCUT2D eigenvalue weighted by Gasteiger charge is -2.39. The Labute approximate surface area is 238 Å². The zero-order valence-electron chi connectivity index (χ0n) is 24.5. The van der Waals surface area contributed by atoms with E-state index in [1.165, 1.54) is 18.3 Å². The Bertz CT molecular complexity index is 1120. The van der Waals surface area contributed by atoms with Crippen LogP contribution in [0.5, 0.6) is 0 Å². The highest BCUT2D eigenvalue weighted by Gasteiger charge is 2.37. The number of carboxylic acid groups (broad SMARTS) is 1. The van der Waals surface area contributed by atoms with E-state index in [0.29, 0.717) is 37.5 Å². The third-order valence-electron chi connectivity index (χ3n) is 8.47. The molecule has 1 aromatic heterocycles. The fourth-order valence-corrected chi connectivity index (χ4v) is 6.04. The highest BCUT2D eigenvalue weighted by Crippen LogP contribution is 2.37. The van der Waals surface area contributed by atoms with Crippen LogP contribution in [0.25, 0.3) is 0 Å². The fraction of sp³-hybridized carbons (Fsp3) is 0.567. The average Bonchev–Trinajstić information content (AvgIpc) is 2.90. The molecule has 2 atom stereocenters. The predicted molar refractivity (Wildman–Crippen MR) is 159 cm³/mol. The summed E-state index contributed by atoms with van der Waals surface area (Å²) < 4.78 is 20.0. The zero-order valence-corrected chi connectivity index (χ0v) is 25.5. The molecule has 0 bridgehead atoms. The number of carbonyl (C=O) groups excluding carboxylic acids is 1. The number of piperidine rings is 1. The van der Waals surface area contributed by atoms with E-state index in [0.717, 1.165) is 37.8 Å². The van der Waals surface area contributed by atoms with E-state index in [1.54, 1.807) is 17.0 Å². The first-order valence-corrected chi connectivity index (χ1v) is 17.1. The summed E-state index contributed by atoms with van der Waals surface area (Å²) >= 11 is 0. The van der Waals surface area contributed by atoms with Crippen molar-refractivity contribution in [2.75, 3.05) is 31.1 Å². The summed E-state index contributed by atoms with van der Waals surface area (Å²) in [4.78, 5) is 31.8. The average molecular weight is 573 g/mol. The SMILES string of the molecule is CC(C)(C)[Si](C)(C)OCCC[C@@H](CCN(C(=O)O)[C@H]1CCCN(c2ccc(C(N)=O)cn2)C1)c1ccc(F)cc1. The molecule has 3 N–H and O–H groups in total. The van der Waals surface area contributed by atoms with Crippen molar-refractivity contribution in [3.63, 3.8) is 0 Å². The van der Waals surface area contributed by atoms with Gasteiger partial charge in [0.25, 0.3) is 0 Å². The third-order valence-corrected chi connectivity index (χ3v) is 13.0. The van der Waals surface area contributed by atoms with Crippen molar-refractivity contribution in [3.05, 3.63) is 59.5 Å². The number of carbonyl (C=O) groups is 2. The Kier molecular flexibility index (Phi) is 10.7. The van der Waals surface area contributed by atoms with Gasteiger partial charge in [0.2, 0.25) is 5.91 Å². The molecule has 40 heavy (non-hydrogen) atoms. The van der Waals surface area contributed by atoms with Crippen LogP contribution in [0.15, 0.2) is 42.6 Å². The molecule has 1 aromatic carbocycles. The largest absolute Gasteiger partial charge is 0.465 e. The number of amides is 2. The van der Waals surface area contributed by atoms with Crippen LogP contribution in [0.2, 0.25) is 18.1 Å². The maximum Gasteiger partial charge on any atom is 0.407 e. The molecule has 0 saturated carbocycles. The lowest BCUT2D eigenvalue weighted by Crippen LogP contribution is -2.50. The van der Waals surface area contributed by atoms with Gasteiger partial charge in [-0.2, -0.15) is 0 Å². The Morgan fingerprint density at radius 2 is 1.90 bits per heavy atom. The number of benzene rings is 1. The second-order valence-corrected chi connectivity index (χ2v) is 17.1. The lowest BCUT2D eigenvalue weighted by molar-refractivity contribution is 0.0999. The van der Waals surface area contributed by atoms with Gasteiger partial charge >= 0.3 is 6.09 Å². The molecule has 2 heterocycles. The molecule has 2 aromatic rings. The van der Waals surface area contributed by atoms with Gasteiger partial charge < -0.3 is 25.1 Å². The Morgan fingerprint density at radius 1 is 1.20 bits per heavy atom. The summed E-state index contributed by atoms with van der Waals surface area (Å²) in [6, 6.07) is 9.78. The van der Waals surface area contributed by atoms with Crippen LogP contribution in [0.1, 0.15) is 74.7 Å². The Hall–Kier alpha value is -2.98. The number of rotatable bonds is 12. The van der Waals surface area contributed by atoms with Gasteiger partial charge in [0, 0.05) is 32.4 Å². The molecule has 3 rings (SSSR count). The fourth-order valence-electron chi connectivity index (χ4n) is 4.95. The lowest BCUT2D eigenvalue weighted by atomic mass is 9.90. The number of hydrogen-bond donors (Lipinski definition) is 2. The van der Waals surface area contributed by atoms with Crippen molar-refractivity contribution >= 4 is 26.1 Å². The number of anilines is 1. The van der Waals surface area contributed by atoms with Crippen LogP contribution in [0.3, 0.4) is 0 Å². The molecule has 1 aliphatic heterocycles. The first-order chi connectivity index (χ1) is 18.8. The molecule has 10 heteroatoms. The van der Waals surface area contributed by atoms with Crippen LogP contribution in [-0.4, -0.2) is 67.6 Å². The standard InChI is InChI=1S/C30H45FN4O4Si/c1-30(2,3)40(4,5)39-19-7-8-22(23-10-13-25(31)14-11-23)16-18-35(29(37)38)26-9-6-17-34(21-26)27-15-12-24(20-33-27)28(32)36/h10-15,20,22,26H,6-9,16-19,21H2,1-5H3,(H2,32,36)(H,37,38)/t22-,26-/m0/s1. The van der Waals surface area contributed by atoms with E-state index < -0.39 is 20.3 Å². The minimum absolute atomic E-state index is 0.0909. The normalized spacial score (nSPS) is 16.9. The number of pyridine rings is 1. The molecular formula is C30H45FN4O4Si.